The fourth-order valence-electron chi connectivity index (χ4n) is 2.76. The van der Waals surface area contributed by atoms with Crippen molar-refractivity contribution in [3.05, 3.63) is 35.6 Å². The molecule has 1 aliphatic rings. The van der Waals surface area contributed by atoms with E-state index in [2.05, 4.69) is 12.3 Å². The maximum Gasteiger partial charge on any atom is 0.128 e. The largest absolute Gasteiger partial charge is 0.271 e. The predicted molar refractivity (Wildman–Crippen MR) is 63.0 cm³/mol. The van der Waals surface area contributed by atoms with Crippen LogP contribution in [0.5, 0.6) is 0 Å². The zero-order chi connectivity index (χ0) is 11.5. The van der Waals surface area contributed by atoms with Crippen LogP contribution in [-0.2, 0) is 0 Å². The summed E-state index contributed by atoms with van der Waals surface area (Å²) in [6, 6.07) is 6.84. The van der Waals surface area contributed by atoms with Crippen molar-refractivity contribution in [1.29, 1.82) is 0 Å². The van der Waals surface area contributed by atoms with Crippen LogP contribution >= 0.6 is 0 Å². The molecule has 3 heteroatoms. The first-order valence-corrected chi connectivity index (χ1v) is 5.93. The average Bonchev–Trinajstić information content (AvgIpc) is 2.69. The molecule has 3 unspecified atom stereocenters. The molecule has 0 saturated heterocycles. The van der Waals surface area contributed by atoms with E-state index in [4.69, 9.17) is 5.84 Å². The fraction of sp³-hybridized carbons (Fsp3) is 0.538. The van der Waals surface area contributed by atoms with Crippen LogP contribution in [0.1, 0.15) is 37.8 Å². The highest BCUT2D eigenvalue weighted by Crippen LogP contribution is 2.38. The van der Waals surface area contributed by atoms with E-state index in [1.54, 1.807) is 6.07 Å². The van der Waals surface area contributed by atoms with Crippen LogP contribution in [0, 0.1) is 17.7 Å². The second kappa shape index (κ2) is 4.93. The predicted octanol–water partition coefficient (Wildman–Crippen LogP) is 2.77. The number of halogens is 1. The zero-order valence-corrected chi connectivity index (χ0v) is 9.62. The first-order chi connectivity index (χ1) is 7.72. The van der Waals surface area contributed by atoms with Crippen LogP contribution in [0.3, 0.4) is 0 Å². The SMILES string of the molecule is CC1CCC(C(NN)c2ccccc2F)C1. The van der Waals surface area contributed by atoms with Crippen molar-refractivity contribution < 1.29 is 4.39 Å². The van der Waals surface area contributed by atoms with Crippen LogP contribution in [-0.4, -0.2) is 0 Å². The third kappa shape index (κ3) is 2.25. The van der Waals surface area contributed by atoms with Gasteiger partial charge in [-0.15, -0.1) is 0 Å². The van der Waals surface area contributed by atoms with Gasteiger partial charge in [0.25, 0.3) is 0 Å². The average molecular weight is 222 g/mol. The summed E-state index contributed by atoms with van der Waals surface area (Å²) in [5.41, 5.74) is 3.48. The van der Waals surface area contributed by atoms with E-state index >= 15 is 0 Å². The van der Waals surface area contributed by atoms with Crippen molar-refractivity contribution in [2.24, 2.45) is 17.7 Å². The Morgan fingerprint density at radius 1 is 1.38 bits per heavy atom. The quantitative estimate of drug-likeness (QED) is 0.609. The topological polar surface area (TPSA) is 38.0 Å². The van der Waals surface area contributed by atoms with Crippen LogP contribution in [0.2, 0.25) is 0 Å². The maximum absolute atomic E-state index is 13.7. The van der Waals surface area contributed by atoms with Gasteiger partial charge in [0.15, 0.2) is 0 Å². The summed E-state index contributed by atoms with van der Waals surface area (Å²) in [5, 5.41) is 0. The molecule has 0 heterocycles. The third-order valence-electron chi connectivity index (χ3n) is 3.63. The Morgan fingerprint density at radius 3 is 2.69 bits per heavy atom. The van der Waals surface area contributed by atoms with Crippen molar-refractivity contribution in [3.63, 3.8) is 0 Å². The monoisotopic (exact) mass is 222 g/mol. The maximum atomic E-state index is 13.7. The minimum atomic E-state index is -0.162. The van der Waals surface area contributed by atoms with Gasteiger partial charge in [-0.1, -0.05) is 31.5 Å². The molecule has 0 aromatic heterocycles. The number of nitrogens with one attached hydrogen (secondary N) is 1. The lowest BCUT2D eigenvalue weighted by atomic mass is 9.91. The molecule has 1 fully saturated rings. The molecule has 1 saturated carbocycles. The van der Waals surface area contributed by atoms with Crippen LogP contribution in [0.4, 0.5) is 4.39 Å². The molecular formula is C13H19FN2. The summed E-state index contributed by atoms with van der Waals surface area (Å²) in [4.78, 5) is 0. The molecule has 16 heavy (non-hydrogen) atoms. The lowest BCUT2D eigenvalue weighted by molar-refractivity contribution is 0.354. The Morgan fingerprint density at radius 2 is 2.12 bits per heavy atom. The van der Waals surface area contributed by atoms with E-state index in [-0.39, 0.29) is 11.9 Å². The molecule has 0 radical (unpaired) electrons. The van der Waals surface area contributed by atoms with Gasteiger partial charge in [-0.3, -0.25) is 11.3 Å². The highest BCUT2D eigenvalue weighted by molar-refractivity contribution is 5.22. The second-order valence-corrected chi connectivity index (χ2v) is 4.84. The molecule has 1 aliphatic carbocycles. The summed E-state index contributed by atoms with van der Waals surface area (Å²) in [6.45, 7) is 2.24. The van der Waals surface area contributed by atoms with E-state index in [0.29, 0.717) is 11.5 Å². The van der Waals surface area contributed by atoms with E-state index in [1.165, 1.54) is 12.5 Å². The van der Waals surface area contributed by atoms with E-state index in [9.17, 15) is 4.39 Å². The van der Waals surface area contributed by atoms with E-state index < -0.39 is 0 Å². The van der Waals surface area contributed by atoms with Gasteiger partial charge in [0, 0.05) is 5.56 Å². The molecule has 3 N–H and O–H groups in total. The Kier molecular flexibility index (Phi) is 3.56. The smallest absolute Gasteiger partial charge is 0.128 e. The molecule has 2 nitrogen and oxygen atoms in total. The summed E-state index contributed by atoms with van der Waals surface area (Å²) in [6.07, 6.45) is 3.48. The molecule has 88 valence electrons. The third-order valence-corrected chi connectivity index (χ3v) is 3.63. The lowest BCUT2D eigenvalue weighted by Crippen LogP contribution is -2.33. The lowest BCUT2D eigenvalue weighted by Gasteiger charge is -2.23. The first kappa shape index (κ1) is 11.6. The standard InChI is InChI=1S/C13H19FN2/c1-9-6-7-10(8-9)13(16-15)11-4-2-3-5-12(11)14/h2-5,9-10,13,16H,6-8,15H2,1H3. The summed E-state index contributed by atoms with van der Waals surface area (Å²) in [7, 11) is 0. The molecule has 3 atom stereocenters. The Bertz CT molecular complexity index is 354. The van der Waals surface area contributed by atoms with E-state index in [1.807, 2.05) is 12.1 Å². The van der Waals surface area contributed by atoms with Crippen molar-refractivity contribution in [3.8, 4) is 0 Å². The van der Waals surface area contributed by atoms with Crippen LogP contribution in [0.15, 0.2) is 24.3 Å². The molecule has 0 amide bonds. The van der Waals surface area contributed by atoms with Gasteiger partial charge < -0.3 is 0 Å². The minimum Gasteiger partial charge on any atom is -0.271 e. The van der Waals surface area contributed by atoms with Gasteiger partial charge in [0.2, 0.25) is 0 Å². The second-order valence-electron chi connectivity index (χ2n) is 4.84. The number of nitrogens with two attached hydrogens (primary N) is 1. The van der Waals surface area contributed by atoms with Crippen LogP contribution in [0.25, 0.3) is 0 Å². The van der Waals surface area contributed by atoms with Crippen molar-refractivity contribution in [2.75, 3.05) is 0 Å². The van der Waals surface area contributed by atoms with Gasteiger partial charge in [-0.05, 0) is 30.7 Å². The van der Waals surface area contributed by atoms with E-state index in [0.717, 1.165) is 18.8 Å². The molecule has 0 aliphatic heterocycles. The molecule has 2 rings (SSSR count). The first-order valence-electron chi connectivity index (χ1n) is 5.93. The van der Waals surface area contributed by atoms with Crippen LogP contribution < -0.4 is 11.3 Å². The Hall–Kier alpha value is -0.930. The van der Waals surface area contributed by atoms with Gasteiger partial charge in [0.1, 0.15) is 5.82 Å². The van der Waals surface area contributed by atoms with Gasteiger partial charge in [-0.2, -0.15) is 0 Å². The van der Waals surface area contributed by atoms with Crippen molar-refractivity contribution >= 4 is 0 Å². The Balaban J connectivity index is 2.19. The summed E-state index contributed by atoms with van der Waals surface area (Å²) < 4.78 is 13.7. The highest BCUT2D eigenvalue weighted by atomic mass is 19.1. The van der Waals surface area contributed by atoms with Crippen molar-refractivity contribution in [2.45, 2.75) is 32.2 Å². The summed E-state index contributed by atoms with van der Waals surface area (Å²) in [5.74, 6) is 6.60. The highest BCUT2D eigenvalue weighted by Gasteiger charge is 2.30. The van der Waals surface area contributed by atoms with Gasteiger partial charge in [-0.25, -0.2) is 4.39 Å². The molecule has 0 spiro atoms. The Labute approximate surface area is 96.0 Å². The van der Waals surface area contributed by atoms with Gasteiger partial charge in [0.05, 0.1) is 6.04 Å². The molecule has 0 bridgehead atoms. The van der Waals surface area contributed by atoms with Gasteiger partial charge >= 0.3 is 0 Å². The number of rotatable bonds is 3. The summed E-state index contributed by atoms with van der Waals surface area (Å²) >= 11 is 0. The number of hydrogen-bond donors (Lipinski definition) is 2. The normalized spacial score (nSPS) is 26.9. The number of hydrazine groups is 1. The molecule has 1 aromatic rings. The van der Waals surface area contributed by atoms with Crippen molar-refractivity contribution in [1.82, 2.24) is 5.43 Å². The minimum absolute atomic E-state index is 0.0499. The molecular weight excluding hydrogens is 203 g/mol. The number of hydrogen-bond acceptors (Lipinski definition) is 2. The zero-order valence-electron chi connectivity index (χ0n) is 9.62. The fourth-order valence-corrected chi connectivity index (χ4v) is 2.76. The molecule has 1 aromatic carbocycles. The number of benzene rings is 1.